The molecule has 0 bridgehead atoms. The van der Waals surface area contributed by atoms with Crippen molar-refractivity contribution in [3.05, 3.63) is 58.6 Å². The van der Waals surface area contributed by atoms with Gasteiger partial charge in [0, 0.05) is 6.08 Å². The number of para-hydroxylation sites is 1. The maximum absolute atomic E-state index is 11.8. The molecular weight excluding hydrogens is 356 g/mol. The molecule has 0 aromatic heterocycles. The smallest absolute Gasteiger partial charge is 0.330 e. The number of hydrogen-bond acceptors (Lipinski definition) is 5. The number of halogens is 1. The summed E-state index contributed by atoms with van der Waals surface area (Å²) in [6.45, 7) is 2.40. The Bertz CT molecular complexity index is 786. The van der Waals surface area contributed by atoms with Gasteiger partial charge in [-0.1, -0.05) is 29.8 Å². The van der Waals surface area contributed by atoms with E-state index in [-0.39, 0.29) is 13.2 Å². The molecule has 0 saturated heterocycles. The van der Waals surface area contributed by atoms with Gasteiger partial charge in [0.2, 0.25) is 0 Å². The highest BCUT2D eigenvalue weighted by molar-refractivity contribution is 6.32. The average Bonchev–Trinajstić information content (AvgIpc) is 2.64. The number of carbonyl (C=O) groups is 1. The lowest BCUT2D eigenvalue weighted by Crippen LogP contribution is -2.10. The van der Waals surface area contributed by atoms with Crippen LogP contribution in [0.2, 0.25) is 5.02 Å². The Morgan fingerprint density at radius 1 is 1.08 bits per heavy atom. The maximum Gasteiger partial charge on any atom is 0.330 e. The molecule has 0 N–H and O–H groups in total. The number of hydrogen-bond donors (Lipinski definition) is 0. The van der Waals surface area contributed by atoms with E-state index in [1.54, 1.807) is 18.2 Å². The molecule has 2 rings (SSSR count). The summed E-state index contributed by atoms with van der Waals surface area (Å²) in [5, 5.41) is 0.395. The third-order valence-electron chi connectivity index (χ3n) is 3.55. The fourth-order valence-electron chi connectivity index (χ4n) is 2.26. The summed E-state index contributed by atoms with van der Waals surface area (Å²) >= 11 is 6.13. The van der Waals surface area contributed by atoms with Crippen molar-refractivity contribution in [1.82, 2.24) is 0 Å². The quantitative estimate of drug-likeness (QED) is 0.390. The Hall–Kier alpha value is -2.66. The fraction of sp³-hybridized carbons (Fsp3) is 0.250. The first kappa shape index (κ1) is 19.7. The first-order valence-corrected chi connectivity index (χ1v) is 8.37. The summed E-state index contributed by atoms with van der Waals surface area (Å²) < 4.78 is 21.1. The van der Waals surface area contributed by atoms with E-state index < -0.39 is 5.97 Å². The molecule has 0 saturated carbocycles. The van der Waals surface area contributed by atoms with Crippen molar-refractivity contribution >= 4 is 23.6 Å². The predicted octanol–water partition coefficient (Wildman–Crippen LogP) is 4.30. The Morgan fingerprint density at radius 2 is 1.85 bits per heavy atom. The van der Waals surface area contributed by atoms with E-state index in [0.29, 0.717) is 22.1 Å². The second-order valence-corrected chi connectivity index (χ2v) is 5.76. The van der Waals surface area contributed by atoms with Crippen molar-refractivity contribution in [3.8, 4) is 17.2 Å². The van der Waals surface area contributed by atoms with Crippen molar-refractivity contribution in [2.45, 2.75) is 6.92 Å². The highest BCUT2D eigenvalue weighted by Crippen LogP contribution is 2.36. The standard InChI is InChI=1S/C20H21ClO5/c1-14-6-4-5-7-17(14)25-10-11-26-19(22)9-8-15-12-16(21)20(24-3)18(13-15)23-2/h4-9,12-13H,10-11H2,1-3H3/b9-8+. The lowest BCUT2D eigenvalue weighted by atomic mass is 10.2. The summed E-state index contributed by atoms with van der Waals surface area (Å²) in [4.78, 5) is 11.8. The van der Waals surface area contributed by atoms with Gasteiger partial charge in [0.1, 0.15) is 19.0 Å². The van der Waals surface area contributed by atoms with Crippen molar-refractivity contribution in [1.29, 1.82) is 0 Å². The van der Waals surface area contributed by atoms with E-state index in [2.05, 4.69) is 0 Å². The number of benzene rings is 2. The SMILES string of the molecule is COc1cc(/C=C/C(=O)OCCOc2ccccc2C)cc(Cl)c1OC. The monoisotopic (exact) mass is 376 g/mol. The van der Waals surface area contributed by atoms with E-state index in [1.807, 2.05) is 31.2 Å². The third-order valence-corrected chi connectivity index (χ3v) is 3.83. The maximum atomic E-state index is 11.8. The highest BCUT2D eigenvalue weighted by atomic mass is 35.5. The van der Waals surface area contributed by atoms with Gasteiger partial charge in [-0.2, -0.15) is 0 Å². The number of rotatable bonds is 8. The van der Waals surface area contributed by atoms with Crippen LogP contribution in [0, 0.1) is 6.92 Å². The summed E-state index contributed by atoms with van der Waals surface area (Å²) in [5.74, 6) is 1.24. The van der Waals surface area contributed by atoms with Crippen molar-refractivity contribution in [2.75, 3.05) is 27.4 Å². The van der Waals surface area contributed by atoms with E-state index in [1.165, 1.54) is 20.3 Å². The number of ether oxygens (including phenoxy) is 4. The van der Waals surface area contributed by atoms with E-state index >= 15 is 0 Å². The minimum atomic E-state index is -0.468. The van der Waals surface area contributed by atoms with Gasteiger partial charge in [0.25, 0.3) is 0 Å². The molecule has 6 heteroatoms. The minimum Gasteiger partial charge on any atom is -0.493 e. The minimum absolute atomic E-state index is 0.157. The van der Waals surface area contributed by atoms with Crippen LogP contribution in [0.15, 0.2) is 42.5 Å². The van der Waals surface area contributed by atoms with Crippen LogP contribution >= 0.6 is 11.6 Å². The molecule has 2 aromatic carbocycles. The Morgan fingerprint density at radius 3 is 2.54 bits per heavy atom. The Balaban J connectivity index is 1.86. The Kier molecular flexibility index (Phi) is 7.36. The van der Waals surface area contributed by atoms with Crippen LogP contribution in [0.25, 0.3) is 6.08 Å². The van der Waals surface area contributed by atoms with E-state index in [4.69, 9.17) is 30.5 Å². The van der Waals surface area contributed by atoms with Crippen LogP contribution < -0.4 is 14.2 Å². The molecule has 0 heterocycles. The van der Waals surface area contributed by atoms with Gasteiger partial charge in [0.05, 0.1) is 19.2 Å². The molecular formula is C20H21ClO5. The van der Waals surface area contributed by atoms with Gasteiger partial charge in [0.15, 0.2) is 11.5 Å². The topological polar surface area (TPSA) is 54.0 Å². The van der Waals surface area contributed by atoms with Gasteiger partial charge >= 0.3 is 5.97 Å². The average molecular weight is 377 g/mol. The number of esters is 1. The molecule has 2 aromatic rings. The van der Waals surface area contributed by atoms with E-state index in [0.717, 1.165) is 11.3 Å². The number of carbonyl (C=O) groups excluding carboxylic acids is 1. The molecule has 5 nitrogen and oxygen atoms in total. The number of methoxy groups -OCH3 is 2. The predicted molar refractivity (Wildman–Crippen MR) is 101 cm³/mol. The first-order chi connectivity index (χ1) is 12.5. The highest BCUT2D eigenvalue weighted by Gasteiger charge is 2.10. The summed E-state index contributed by atoms with van der Waals surface area (Å²) in [7, 11) is 3.03. The van der Waals surface area contributed by atoms with Gasteiger partial charge < -0.3 is 18.9 Å². The zero-order chi connectivity index (χ0) is 18.9. The third kappa shape index (κ3) is 5.43. The van der Waals surface area contributed by atoms with Gasteiger partial charge in [-0.05, 0) is 42.3 Å². The van der Waals surface area contributed by atoms with Crippen molar-refractivity contribution < 1.29 is 23.7 Å². The fourth-order valence-corrected chi connectivity index (χ4v) is 2.56. The number of aryl methyl sites for hydroxylation is 1. The molecule has 0 aliphatic rings. The lowest BCUT2D eigenvalue weighted by Gasteiger charge is -2.10. The molecule has 0 aliphatic heterocycles. The first-order valence-electron chi connectivity index (χ1n) is 8.00. The second-order valence-electron chi connectivity index (χ2n) is 5.35. The van der Waals surface area contributed by atoms with Gasteiger partial charge in [-0.15, -0.1) is 0 Å². The molecule has 0 radical (unpaired) electrons. The molecule has 0 amide bonds. The molecule has 0 spiro atoms. The Labute approximate surface area is 158 Å². The van der Waals surface area contributed by atoms with E-state index in [9.17, 15) is 4.79 Å². The van der Waals surface area contributed by atoms with Crippen LogP contribution in [-0.4, -0.2) is 33.4 Å². The normalized spacial score (nSPS) is 10.6. The van der Waals surface area contributed by atoms with Gasteiger partial charge in [-0.25, -0.2) is 4.79 Å². The summed E-state index contributed by atoms with van der Waals surface area (Å²) in [5.41, 5.74) is 1.73. The van der Waals surface area contributed by atoms with Crippen LogP contribution in [0.3, 0.4) is 0 Å². The van der Waals surface area contributed by atoms with Crippen LogP contribution in [-0.2, 0) is 9.53 Å². The summed E-state index contributed by atoms with van der Waals surface area (Å²) in [6.07, 6.45) is 2.92. The second kappa shape index (κ2) is 9.73. The van der Waals surface area contributed by atoms with Gasteiger partial charge in [-0.3, -0.25) is 0 Å². The van der Waals surface area contributed by atoms with Crippen molar-refractivity contribution in [3.63, 3.8) is 0 Å². The zero-order valence-electron chi connectivity index (χ0n) is 15.0. The molecule has 138 valence electrons. The molecule has 26 heavy (non-hydrogen) atoms. The summed E-state index contributed by atoms with van der Waals surface area (Å²) in [6, 6.07) is 11.1. The molecule has 0 atom stereocenters. The largest absolute Gasteiger partial charge is 0.493 e. The lowest BCUT2D eigenvalue weighted by molar-refractivity contribution is -0.138. The molecule has 0 unspecified atom stereocenters. The van der Waals surface area contributed by atoms with Crippen LogP contribution in [0.5, 0.6) is 17.2 Å². The van der Waals surface area contributed by atoms with Crippen molar-refractivity contribution in [2.24, 2.45) is 0 Å². The van der Waals surface area contributed by atoms with Crippen LogP contribution in [0.4, 0.5) is 0 Å². The zero-order valence-corrected chi connectivity index (χ0v) is 15.7. The van der Waals surface area contributed by atoms with Crippen LogP contribution in [0.1, 0.15) is 11.1 Å². The molecule has 0 aliphatic carbocycles. The molecule has 0 fully saturated rings.